The number of carbonyl (C=O) groups excluding carboxylic acids is 3. The van der Waals surface area contributed by atoms with Crippen LogP contribution in [0.5, 0.6) is 0 Å². The third-order valence-electron chi connectivity index (χ3n) is 2.42. The van der Waals surface area contributed by atoms with Crippen LogP contribution in [0.4, 0.5) is 4.79 Å². The Balaban J connectivity index is 4.68. The smallest absolute Gasteiger partial charge is 0.328 e. The Labute approximate surface area is 115 Å². The second kappa shape index (κ2) is 7.97. The molecule has 2 atom stereocenters. The van der Waals surface area contributed by atoms with Crippen LogP contribution in [0.1, 0.15) is 20.3 Å². The van der Waals surface area contributed by atoms with Crippen molar-refractivity contribution in [2.24, 2.45) is 11.7 Å². The summed E-state index contributed by atoms with van der Waals surface area (Å²) in [5.41, 5.74) is 4.88. The second-order valence-electron chi connectivity index (χ2n) is 4.42. The zero-order valence-electron chi connectivity index (χ0n) is 11.5. The number of carboxylic acid groups (broad SMARTS) is 1. The van der Waals surface area contributed by atoms with Gasteiger partial charge in [0.25, 0.3) is 0 Å². The highest BCUT2D eigenvalue weighted by Crippen LogP contribution is 2.03. The van der Waals surface area contributed by atoms with Crippen LogP contribution < -0.4 is 16.4 Å². The van der Waals surface area contributed by atoms with Crippen LogP contribution in [-0.4, -0.2) is 48.2 Å². The fourth-order valence-corrected chi connectivity index (χ4v) is 1.37. The molecule has 0 aliphatic rings. The third kappa shape index (κ3) is 6.03. The summed E-state index contributed by atoms with van der Waals surface area (Å²) in [6.07, 6.45) is -0.548. The van der Waals surface area contributed by atoms with Gasteiger partial charge in [0.05, 0.1) is 13.5 Å². The molecule has 5 N–H and O–H groups in total. The van der Waals surface area contributed by atoms with E-state index >= 15 is 0 Å². The summed E-state index contributed by atoms with van der Waals surface area (Å²) in [6, 6.07) is -3.29. The molecule has 2 unspecified atom stereocenters. The molecule has 114 valence electrons. The van der Waals surface area contributed by atoms with Crippen LogP contribution in [0.15, 0.2) is 0 Å². The third-order valence-corrected chi connectivity index (χ3v) is 2.42. The topological polar surface area (TPSA) is 148 Å². The molecule has 9 heteroatoms. The molecule has 0 aromatic heterocycles. The highest BCUT2D eigenvalue weighted by Gasteiger charge is 2.27. The van der Waals surface area contributed by atoms with Crippen LogP contribution in [-0.2, 0) is 19.1 Å². The summed E-state index contributed by atoms with van der Waals surface area (Å²) in [4.78, 5) is 44.6. The molecule has 0 bridgehead atoms. The Morgan fingerprint density at radius 2 is 1.75 bits per heavy atom. The minimum atomic E-state index is -1.46. The Hall–Kier alpha value is -2.32. The molecular formula is C11H19N3O6. The van der Waals surface area contributed by atoms with Gasteiger partial charge in [-0.1, -0.05) is 13.8 Å². The number of esters is 1. The van der Waals surface area contributed by atoms with E-state index in [-0.39, 0.29) is 5.92 Å². The molecule has 9 nitrogen and oxygen atoms in total. The second-order valence-corrected chi connectivity index (χ2v) is 4.42. The Kier molecular flexibility index (Phi) is 7.05. The first-order valence-corrected chi connectivity index (χ1v) is 5.85. The van der Waals surface area contributed by atoms with Gasteiger partial charge in [-0.3, -0.25) is 4.79 Å². The van der Waals surface area contributed by atoms with Crippen LogP contribution >= 0.6 is 0 Å². The lowest BCUT2D eigenvalue weighted by atomic mass is 10.1. The number of hydrogen-bond donors (Lipinski definition) is 4. The SMILES string of the molecule is COC(=O)C(NC(=O)NC(CC(N)=O)C(=O)O)C(C)C. The first-order valence-electron chi connectivity index (χ1n) is 5.85. The number of primary amides is 1. The van der Waals surface area contributed by atoms with E-state index in [0.29, 0.717) is 0 Å². The first kappa shape index (κ1) is 17.7. The Morgan fingerprint density at radius 1 is 1.20 bits per heavy atom. The van der Waals surface area contributed by atoms with Crippen molar-refractivity contribution >= 4 is 23.9 Å². The number of rotatable bonds is 7. The van der Waals surface area contributed by atoms with Crippen molar-refractivity contribution in [3.63, 3.8) is 0 Å². The van der Waals surface area contributed by atoms with Gasteiger partial charge in [-0.15, -0.1) is 0 Å². The normalized spacial score (nSPS) is 13.2. The summed E-state index contributed by atoms with van der Waals surface area (Å²) in [6.45, 7) is 3.36. The van der Waals surface area contributed by atoms with Crippen molar-refractivity contribution in [1.29, 1.82) is 0 Å². The molecule has 0 radical (unpaired) electrons. The maximum absolute atomic E-state index is 11.6. The zero-order valence-corrected chi connectivity index (χ0v) is 11.5. The van der Waals surface area contributed by atoms with Gasteiger partial charge in [0.1, 0.15) is 12.1 Å². The van der Waals surface area contributed by atoms with Crippen molar-refractivity contribution in [2.75, 3.05) is 7.11 Å². The fraction of sp³-hybridized carbons (Fsp3) is 0.636. The summed E-state index contributed by atoms with van der Waals surface area (Å²) >= 11 is 0. The lowest BCUT2D eigenvalue weighted by Crippen LogP contribution is -2.53. The van der Waals surface area contributed by atoms with E-state index in [9.17, 15) is 19.2 Å². The highest BCUT2D eigenvalue weighted by molar-refractivity contribution is 5.89. The first-order chi connectivity index (χ1) is 9.18. The number of nitrogens with one attached hydrogen (secondary N) is 2. The molecule has 0 spiro atoms. The Bertz CT molecular complexity index is 396. The summed E-state index contributed by atoms with van der Waals surface area (Å²) in [7, 11) is 1.17. The number of carbonyl (C=O) groups is 4. The van der Waals surface area contributed by atoms with Gasteiger partial charge >= 0.3 is 18.0 Å². The minimum Gasteiger partial charge on any atom is -0.480 e. The summed E-state index contributed by atoms with van der Waals surface area (Å²) in [5.74, 6) is -3.19. The van der Waals surface area contributed by atoms with Crippen molar-refractivity contribution in [3.8, 4) is 0 Å². The quantitative estimate of drug-likeness (QED) is 0.433. The predicted octanol–water partition coefficient (Wildman–Crippen LogP) is -1.19. The fourth-order valence-electron chi connectivity index (χ4n) is 1.37. The maximum Gasteiger partial charge on any atom is 0.328 e. The lowest BCUT2D eigenvalue weighted by molar-refractivity contribution is -0.144. The number of amides is 3. The minimum absolute atomic E-state index is 0.257. The molecule has 0 aromatic carbocycles. The average molecular weight is 289 g/mol. The standard InChI is InChI=1S/C11H19N3O6/c1-5(2)8(10(18)20-3)14-11(19)13-6(9(16)17)4-7(12)15/h5-6,8H,4H2,1-3H3,(H2,12,15)(H,16,17)(H2,13,14,19). The van der Waals surface area contributed by atoms with Gasteiger partial charge in [-0.2, -0.15) is 0 Å². The molecule has 0 aliphatic carbocycles. The largest absolute Gasteiger partial charge is 0.480 e. The monoisotopic (exact) mass is 289 g/mol. The molecule has 0 saturated carbocycles. The number of nitrogens with two attached hydrogens (primary N) is 1. The van der Waals surface area contributed by atoms with Gasteiger partial charge in [-0.05, 0) is 5.92 Å². The number of hydrogen-bond acceptors (Lipinski definition) is 5. The number of aliphatic carboxylic acids is 1. The molecule has 20 heavy (non-hydrogen) atoms. The number of methoxy groups -OCH3 is 1. The van der Waals surface area contributed by atoms with Crippen LogP contribution in [0, 0.1) is 5.92 Å². The van der Waals surface area contributed by atoms with Gasteiger partial charge < -0.3 is 26.2 Å². The molecule has 0 aromatic rings. The molecule has 3 amide bonds. The van der Waals surface area contributed by atoms with E-state index in [4.69, 9.17) is 10.8 Å². The average Bonchev–Trinajstić information content (AvgIpc) is 2.33. The molecule has 0 fully saturated rings. The van der Waals surface area contributed by atoms with Crippen LogP contribution in [0.2, 0.25) is 0 Å². The van der Waals surface area contributed by atoms with Crippen molar-refractivity contribution < 1.29 is 29.0 Å². The van der Waals surface area contributed by atoms with Gasteiger partial charge in [-0.25, -0.2) is 14.4 Å². The highest BCUT2D eigenvalue weighted by atomic mass is 16.5. The van der Waals surface area contributed by atoms with E-state index in [1.165, 1.54) is 7.11 Å². The van der Waals surface area contributed by atoms with Crippen molar-refractivity contribution in [1.82, 2.24) is 10.6 Å². The number of carboxylic acids is 1. The van der Waals surface area contributed by atoms with E-state index in [0.717, 1.165) is 0 Å². The Morgan fingerprint density at radius 3 is 2.10 bits per heavy atom. The molecule has 0 rings (SSSR count). The number of urea groups is 1. The van der Waals surface area contributed by atoms with Gasteiger partial charge in [0, 0.05) is 0 Å². The van der Waals surface area contributed by atoms with E-state index in [2.05, 4.69) is 15.4 Å². The molecule has 0 saturated heterocycles. The van der Waals surface area contributed by atoms with E-state index < -0.39 is 42.4 Å². The molecular weight excluding hydrogens is 270 g/mol. The van der Waals surface area contributed by atoms with Crippen LogP contribution in [0.25, 0.3) is 0 Å². The van der Waals surface area contributed by atoms with Gasteiger partial charge in [0.2, 0.25) is 5.91 Å². The molecule has 0 heterocycles. The summed E-state index contributed by atoms with van der Waals surface area (Å²) < 4.78 is 4.52. The molecule has 0 aliphatic heterocycles. The zero-order chi connectivity index (χ0) is 15.9. The van der Waals surface area contributed by atoms with Crippen molar-refractivity contribution in [2.45, 2.75) is 32.4 Å². The van der Waals surface area contributed by atoms with E-state index in [1.807, 2.05) is 0 Å². The van der Waals surface area contributed by atoms with Crippen LogP contribution in [0.3, 0.4) is 0 Å². The lowest BCUT2D eigenvalue weighted by Gasteiger charge is -2.21. The van der Waals surface area contributed by atoms with Gasteiger partial charge in [0.15, 0.2) is 0 Å². The van der Waals surface area contributed by atoms with Crippen molar-refractivity contribution in [3.05, 3.63) is 0 Å². The predicted molar refractivity (Wildman–Crippen MR) is 67.5 cm³/mol. The van der Waals surface area contributed by atoms with E-state index in [1.54, 1.807) is 13.8 Å². The number of ether oxygens (including phenoxy) is 1. The summed E-state index contributed by atoms with van der Waals surface area (Å²) in [5, 5.41) is 13.2. The maximum atomic E-state index is 11.6.